The third-order valence-electron chi connectivity index (χ3n) is 19.9. The molecule has 9 heterocycles. The van der Waals surface area contributed by atoms with Gasteiger partial charge in [0, 0.05) is 20.8 Å². The van der Waals surface area contributed by atoms with Crippen LogP contribution in [0, 0.1) is 0 Å². The van der Waals surface area contributed by atoms with E-state index in [1.54, 1.807) is 0 Å². The summed E-state index contributed by atoms with van der Waals surface area (Å²) in [6.07, 6.45) is -86.7. The number of ether oxygens (including phenoxy) is 17. The highest BCUT2D eigenvalue weighted by Crippen LogP contribution is 2.39. The number of carbonyl (C=O) groups is 4. The minimum Gasteiger partial charge on any atom is -0.479 e. The summed E-state index contributed by atoms with van der Waals surface area (Å²) in [6, 6.07) is -5.62. The van der Waals surface area contributed by atoms with Gasteiger partial charge in [-0.2, -0.15) is 0 Å². The summed E-state index contributed by atoms with van der Waals surface area (Å²) in [5.41, 5.74) is 0. The number of aliphatic hydroxyl groups is 24. The van der Waals surface area contributed by atoms with Crippen molar-refractivity contribution in [1.29, 1.82) is 0 Å². The molecule has 630 valence electrons. The molecular weight excluding hydrogens is 1500 g/mol. The van der Waals surface area contributed by atoms with Crippen LogP contribution >= 0.6 is 0 Å². The molecule has 0 aromatic carbocycles. The van der Waals surface area contributed by atoms with Gasteiger partial charge in [-0.3, -0.25) is 14.4 Å². The second-order valence-electron chi connectivity index (χ2n) is 27.5. The normalized spacial score (nSPS) is 50.0. The molecule has 45 atom stereocenters. The minimum atomic E-state index is -2.44. The fraction of sp³-hybridized carbons (Fsp3) is 0.933. The third kappa shape index (κ3) is 19.5. The van der Waals surface area contributed by atoms with Crippen LogP contribution in [0.4, 0.5) is 0 Å². The fourth-order valence-electron chi connectivity index (χ4n) is 13.9. The van der Waals surface area contributed by atoms with E-state index in [9.17, 15) is 147 Å². The molecule has 28 N–H and O–H groups in total. The lowest BCUT2D eigenvalue weighted by atomic mass is 9.93. The van der Waals surface area contributed by atoms with Crippen LogP contribution in [0.15, 0.2) is 0 Å². The number of hydrogen-bond acceptors (Lipinski definition) is 45. The largest absolute Gasteiger partial charge is 0.479 e. The molecular formula is C60H99N3O46. The van der Waals surface area contributed by atoms with Crippen LogP contribution in [0.2, 0.25) is 0 Å². The number of aliphatic carboxylic acids is 1. The van der Waals surface area contributed by atoms with Gasteiger partial charge in [0.1, 0.15) is 207 Å². The predicted molar refractivity (Wildman–Crippen MR) is 331 cm³/mol. The lowest BCUT2D eigenvalue weighted by molar-refractivity contribution is -0.391. The van der Waals surface area contributed by atoms with Crippen LogP contribution < -0.4 is 16.0 Å². The Hall–Kier alpha value is -3.76. The second kappa shape index (κ2) is 38.3. The Kier molecular flexibility index (Phi) is 31.4. The van der Waals surface area contributed by atoms with Crippen molar-refractivity contribution in [2.24, 2.45) is 0 Å². The molecule has 9 aliphatic rings. The molecule has 0 radical (unpaired) electrons. The van der Waals surface area contributed by atoms with Gasteiger partial charge in [-0.1, -0.05) is 0 Å². The summed E-state index contributed by atoms with van der Waals surface area (Å²) in [6.45, 7) is -3.40. The number of carbonyl (C=O) groups excluding carboxylic acids is 3. The molecule has 0 saturated carbocycles. The van der Waals surface area contributed by atoms with Gasteiger partial charge >= 0.3 is 5.97 Å². The first-order chi connectivity index (χ1) is 51.4. The quantitative estimate of drug-likeness (QED) is 0.0363. The van der Waals surface area contributed by atoms with Crippen molar-refractivity contribution in [3.63, 3.8) is 0 Å². The molecule has 0 aromatic heterocycles. The van der Waals surface area contributed by atoms with E-state index in [0.717, 1.165) is 20.8 Å². The first-order valence-electron chi connectivity index (χ1n) is 34.5. The number of amides is 3. The van der Waals surface area contributed by atoms with E-state index in [1.165, 1.54) is 6.92 Å². The van der Waals surface area contributed by atoms with Gasteiger partial charge in [-0.25, -0.2) is 4.79 Å². The molecule has 9 aliphatic heterocycles. The zero-order valence-electron chi connectivity index (χ0n) is 58.2. The summed E-state index contributed by atoms with van der Waals surface area (Å²) in [5, 5.41) is 282. The van der Waals surface area contributed by atoms with Gasteiger partial charge in [0.25, 0.3) is 0 Å². The van der Waals surface area contributed by atoms with E-state index >= 15 is 0 Å². The number of nitrogens with one attached hydrogen (secondary N) is 3. The van der Waals surface area contributed by atoms with E-state index in [4.69, 9.17) is 80.5 Å². The van der Waals surface area contributed by atoms with Gasteiger partial charge in [0.05, 0.1) is 52.4 Å². The highest BCUT2D eigenvalue weighted by molar-refractivity contribution is 5.74. The molecule has 0 spiro atoms. The van der Waals surface area contributed by atoms with E-state index in [2.05, 4.69) is 16.0 Å². The topological polar surface area (TPSA) is 767 Å². The highest BCUT2D eigenvalue weighted by atomic mass is 16.8. The molecule has 9 rings (SSSR count). The van der Waals surface area contributed by atoms with Crippen molar-refractivity contribution in [3.05, 3.63) is 0 Å². The molecule has 49 nitrogen and oxygen atoms in total. The second-order valence-corrected chi connectivity index (χ2v) is 27.5. The maximum absolute atomic E-state index is 13.0. The van der Waals surface area contributed by atoms with Crippen molar-refractivity contribution in [1.82, 2.24) is 16.0 Å². The number of aliphatic hydroxyl groups excluding tert-OH is 24. The monoisotopic (exact) mass is 1600 g/mol. The van der Waals surface area contributed by atoms with E-state index in [0.29, 0.717) is 0 Å². The summed E-state index contributed by atoms with van der Waals surface area (Å²) >= 11 is 0. The zero-order chi connectivity index (χ0) is 80.4. The van der Waals surface area contributed by atoms with Gasteiger partial charge in [-0.15, -0.1) is 0 Å². The Bertz CT molecular complexity index is 2910. The number of carboxylic acid groups (broad SMARTS) is 1. The Balaban J connectivity index is 0.971. The van der Waals surface area contributed by atoms with Gasteiger partial charge in [0.15, 0.2) is 62.7 Å². The van der Waals surface area contributed by atoms with Gasteiger partial charge in [0.2, 0.25) is 17.7 Å². The van der Waals surface area contributed by atoms with Crippen molar-refractivity contribution in [2.45, 2.75) is 304 Å². The predicted octanol–water partition coefficient (Wildman–Crippen LogP) is -19.1. The maximum atomic E-state index is 13.0. The number of carboxylic acids is 1. The van der Waals surface area contributed by atoms with E-state index < -0.39 is 346 Å². The molecule has 0 aliphatic carbocycles. The minimum absolute atomic E-state index is 0.813. The summed E-state index contributed by atoms with van der Waals surface area (Å²) in [5.74, 6) is -4.58. The lowest BCUT2D eigenvalue weighted by Crippen LogP contribution is -2.70. The first-order valence-corrected chi connectivity index (χ1v) is 34.5. The van der Waals surface area contributed by atoms with Crippen LogP contribution in [0.5, 0.6) is 0 Å². The fourth-order valence-corrected chi connectivity index (χ4v) is 13.9. The number of hydrogen-bond donors (Lipinski definition) is 28. The molecule has 9 saturated heterocycles. The average molecular weight is 1600 g/mol. The third-order valence-corrected chi connectivity index (χ3v) is 19.9. The molecule has 0 aromatic rings. The summed E-state index contributed by atoms with van der Waals surface area (Å²) in [7, 11) is 0. The van der Waals surface area contributed by atoms with Gasteiger partial charge < -0.3 is 224 Å². The highest BCUT2D eigenvalue weighted by Gasteiger charge is 2.61. The van der Waals surface area contributed by atoms with Crippen LogP contribution in [0.25, 0.3) is 0 Å². The molecule has 3 amide bonds. The smallest absolute Gasteiger partial charge is 0.335 e. The Morgan fingerprint density at radius 3 is 1.09 bits per heavy atom. The summed E-state index contributed by atoms with van der Waals surface area (Å²) in [4.78, 5) is 50.1. The van der Waals surface area contributed by atoms with Crippen LogP contribution in [0.3, 0.4) is 0 Å². The van der Waals surface area contributed by atoms with E-state index in [1.807, 2.05) is 0 Å². The van der Waals surface area contributed by atoms with Crippen LogP contribution in [-0.2, 0) is 99.7 Å². The molecule has 49 heteroatoms. The molecule has 9 fully saturated rings. The molecule has 0 bridgehead atoms. The SMILES string of the molecule is CC(=O)N[C@@H]1[C@@H](O)[C@H](O[C@@H]2O[C@H](CO)[C@@H](O[C@@H]3O[C@H](CO[C@H]4O[C@H](CO)[C@@H](O)[C@H](O)[C@@H]4O[C@@H]4O[C@H](CO)[C@@H](O[C@@H]5O[C@H](CO)[C@H](O)[C@H](O[C@@H]6O[C@H](C(=O)O)[C@@H](O)[C@H](O)[C@H]6O)[C@H]5O)[C@H](O)[C@H]4NC(C)=O)[C@@H](O)[C@H](O[C@H]4O[C@H](CO)[C@@H](O)[C@H](O)[C@@H]4O)[C@@H]3O)[C@H](O)[C@H]2NC(C)=O)[C@@H](CO[C@@H]2O[C@@H](C)[C@@H](O)[C@@H](O)[C@@H]2O)O[C@H]1O. The Morgan fingerprint density at radius 1 is 0.284 bits per heavy atom. The Labute approximate surface area is 615 Å². The molecule has 0 unspecified atom stereocenters. The average Bonchev–Trinajstić information content (AvgIpc) is 0.773. The summed E-state index contributed by atoms with van der Waals surface area (Å²) < 4.78 is 98.8. The molecule has 109 heavy (non-hydrogen) atoms. The van der Waals surface area contributed by atoms with Crippen molar-refractivity contribution >= 4 is 23.7 Å². The van der Waals surface area contributed by atoms with Crippen molar-refractivity contribution in [3.8, 4) is 0 Å². The van der Waals surface area contributed by atoms with Crippen molar-refractivity contribution < 1.29 is 227 Å². The van der Waals surface area contributed by atoms with E-state index in [-0.39, 0.29) is 0 Å². The van der Waals surface area contributed by atoms with Crippen LogP contribution in [0.1, 0.15) is 27.7 Å². The van der Waals surface area contributed by atoms with Crippen molar-refractivity contribution in [2.75, 3.05) is 46.2 Å². The van der Waals surface area contributed by atoms with Crippen LogP contribution in [-0.4, -0.2) is 474 Å². The number of rotatable bonds is 27. The zero-order valence-corrected chi connectivity index (χ0v) is 58.2. The maximum Gasteiger partial charge on any atom is 0.335 e. The van der Waals surface area contributed by atoms with Gasteiger partial charge in [-0.05, 0) is 6.92 Å². The first kappa shape index (κ1) is 89.2. The lowest BCUT2D eigenvalue weighted by Gasteiger charge is -2.50. The Morgan fingerprint density at radius 2 is 0.615 bits per heavy atom. The standard InChI is InChI=1S/C60H99N3O46/c1-12-26(72)34(80)39(85)55(95-12)93-11-22-46(31(77)23(52(92)96-22)61-13(2)69)103-53-24(62-14(3)70)32(78)45(19(8-67)100-53)105-59-43(89)48(106-56-40(86)35(81)27(73)16(5-64)97-56)30(76)21(102-59)10-94-60-50(37(83)28(74)17(6-65)99-60)109-54-25(63-15(4)71)33(79)44(20(9-68)101-54)104-58-42(88)47(29(75)18(7-66)98-58)107-57-41(87)36(82)38(84)49(108-57)51(90)91/h12,16-50,52-60,64-68,72-89,92H,5-11H2,1-4H3,(H,61,69)(H,62,70)(H,63,71)(H,90,91)/t12-,16+,17+,18+,19+,20+,21+,22+,23+,24+,25+,26+,27+,28+,29-,30+,31+,32+,33+,34+,35-,36-,37-,38-,39-,40-,41+,42+,43-,44+,45+,46+,47-,48-,49-,50-,52+,53-,54-,55+,56+,57+,58-,59-,60-/m0/s1.